The molecule has 2 rings (SSSR count). The second-order valence-electron chi connectivity index (χ2n) is 4.29. The number of nitrogen functional groups attached to an aromatic ring is 1. The van der Waals surface area contributed by atoms with E-state index < -0.39 is 5.91 Å². The molecule has 8 heteroatoms. The summed E-state index contributed by atoms with van der Waals surface area (Å²) < 4.78 is 4.32. The molecule has 1 aromatic heterocycles. The molecule has 0 saturated carbocycles. The third kappa shape index (κ3) is 4.44. The van der Waals surface area contributed by atoms with Gasteiger partial charge >= 0.3 is 0 Å². The van der Waals surface area contributed by atoms with Crippen LogP contribution < -0.4 is 16.4 Å². The van der Waals surface area contributed by atoms with Gasteiger partial charge in [0.05, 0.1) is 0 Å². The molecule has 0 aliphatic carbocycles. The summed E-state index contributed by atoms with van der Waals surface area (Å²) in [6.45, 7) is 0.505. The number of hydrogen-bond donors (Lipinski definition) is 3. The Hall–Kier alpha value is -3.16. The molecule has 0 aliphatic heterocycles. The first kappa shape index (κ1) is 15.2. The largest absolute Gasteiger partial charge is 0.379 e. The fourth-order valence-corrected chi connectivity index (χ4v) is 1.59. The smallest absolute Gasteiger partial charge is 0.277 e. The predicted octanol–water partition coefficient (Wildman–Crippen LogP) is 0.211. The Morgan fingerprint density at radius 3 is 2.55 bits per heavy atom. The number of benzene rings is 1. The van der Waals surface area contributed by atoms with Gasteiger partial charge in [0.2, 0.25) is 17.4 Å². The lowest BCUT2D eigenvalue weighted by molar-refractivity contribution is -0.116. The zero-order valence-corrected chi connectivity index (χ0v) is 11.7. The normalized spacial score (nSPS) is 10.5. The van der Waals surface area contributed by atoms with Gasteiger partial charge in [0.1, 0.15) is 0 Å². The second-order valence-corrected chi connectivity index (χ2v) is 4.29. The topological polar surface area (TPSA) is 123 Å². The van der Waals surface area contributed by atoms with E-state index in [4.69, 9.17) is 5.73 Å². The van der Waals surface area contributed by atoms with Crippen LogP contribution in [-0.2, 0) is 4.79 Å². The molecule has 0 fully saturated rings. The Kier molecular flexibility index (Phi) is 5.25. The van der Waals surface area contributed by atoms with E-state index in [1.165, 1.54) is 6.08 Å². The molecule has 114 valence electrons. The highest BCUT2D eigenvalue weighted by Gasteiger charge is 2.14. The highest BCUT2D eigenvalue weighted by atomic mass is 16.6. The first-order chi connectivity index (χ1) is 10.7. The summed E-state index contributed by atoms with van der Waals surface area (Å²) in [5, 5.41) is 11.8. The standard InChI is InChI=1S/C14H15N5O3/c15-13-12(18-22-19-13)14(21)17-9-8-16-11(20)7-6-10-4-2-1-3-5-10/h1-7H,8-9H2,(H2,15,19)(H,16,20)(H,17,21)/b7-6+. The fraction of sp³-hybridized carbons (Fsp3) is 0.143. The van der Waals surface area contributed by atoms with Crippen molar-refractivity contribution in [2.75, 3.05) is 18.8 Å². The van der Waals surface area contributed by atoms with Gasteiger partial charge in [0, 0.05) is 19.2 Å². The molecule has 0 unspecified atom stereocenters. The van der Waals surface area contributed by atoms with Gasteiger partial charge in [0.15, 0.2) is 0 Å². The number of hydrogen-bond acceptors (Lipinski definition) is 6. The SMILES string of the molecule is Nc1nonc1C(=O)NCCNC(=O)/C=C/c1ccccc1. The van der Waals surface area contributed by atoms with Crippen molar-refractivity contribution >= 4 is 23.7 Å². The van der Waals surface area contributed by atoms with E-state index in [0.717, 1.165) is 5.56 Å². The van der Waals surface area contributed by atoms with Crippen molar-refractivity contribution in [3.05, 3.63) is 47.7 Å². The fourth-order valence-electron chi connectivity index (χ4n) is 1.59. The van der Waals surface area contributed by atoms with Gasteiger partial charge in [0.25, 0.3) is 5.91 Å². The van der Waals surface area contributed by atoms with Crippen LogP contribution in [-0.4, -0.2) is 35.2 Å². The first-order valence-corrected chi connectivity index (χ1v) is 6.54. The van der Waals surface area contributed by atoms with Crippen LogP contribution in [0.5, 0.6) is 0 Å². The van der Waals surface area contributed by atoms with Crippen LogP contribution in [0.15, 0.2) is 41.0 Å². The van der Waals surface area contributed by atoms with Crippen molar-refractivity contribution in [2.45, 2.75) is 0 Å². The van der Waals surface area contributed by atoms with Gasteiger partial charge in [-0.25, -0.2) is 4.63 Å². The third-order valence-corrected chi connectivity index (χ3v) is 2.67. The number of nitrogens with two attached hydrogens (primary N) is 1. The molecular weight excluding hydrogens is 286 g/mol. The summed E-state index contributed by atoms with van der Waals surface area (Å²) in [4.78, 5) is 23.2. The lowest BCUT2D eigenvalue weighted by Crippen LogP contribution is -2.34. The minimum Gasteiger partial charge on any atom is -0.379 e. The van der Waals surface area contributed by atoms with Crippen molar-refractivity contribution < 1.29 is 14.2 Å². The first-order valence-electron chi connectivity index (χ1n) is 6.54. The summed E-state index contributed by atoms with van der Waals surface area (Å²) >= 11 is 0. The lowest BCUT2D eigenvalue weighted by Gasteiger charge is -2.03. The molecular formula is C14H15N5O3. The highest BCUT2D eigenvalue weighted by Crippen LogP contribution is 2.02. The van der Waals surface area contributed by atoms with E-state index in [1.54, 1.807) is 6.08 Å². The maximum absolute atomic E-state index is 11.6. The molecule has 2 amide bonds. The van der Waals surface area contributed by atoms with Crippen molar-refractivity contribution in [1.82, 2.24) is 20.9 Å². The van der Waals surface area contributed by atoms with Crippen molar-refractivity contribution in [2.24, 2.45) is 0 Å². The number of carbonyl (C=O) groups excluding carboxylic acids is 2. The molecule has 8 nitrogen and oxygen atoms in total. The number of amides is 2. The molecule has 1 heterocycles. The van der Waals surface area contributed by atoms with Gasteiger partial charge in [-0.3, -0.25) is 9.59 Å². The minimum absolute atomic E-state index is 0.0738. The van der Waals surface area contributed by atoms with Crippen LogP contribution in [0.3, 0.4) is 0 Å². The van der Waals surface area contributed by atoms with Gasteiger partial charge in [-0.15, -0.1) is 0 Å². The van der Waals surface area contributed by atoms with Crippen LogP contribution in [0.1, 0.15) is 16.1 Å². The third-order valence-electron chi connectivity index (χ3n) is 2.67. The molecule has 0 aliphatic rings. The van der Waals surface area contributed by atoms with Gasteiger partial charge in [-0.05, 0) is 22.0 Å². The van der Waals surface area contributed by atoms with Crippen LogP contribution in [0.4, 0.5) is 5.82 Å². The molecule has 22 heavy (non-hydrogen) atoms. The number of nitrogens with zero attached hydrogens (tertiary/aromatic N) is 2. The van der Waals surface area contributed by atoms with E-state index in [0.29, 0.717) is 0 Å². The Bertz CT molecular complexity index is 666. The van der Waals surface area contributed by atoms with E-state index in [-0.39, 0.29) is 30.5 Å². The molecule has 0 saturated heterocycles. The molecule has 0 bridgehead atoms. The van der Waals surface area contributed by atoms with Gasteiger partial charge < -0.3 is 16.4 Å². The number of carbonyl (C=O) groups is 2. The predicted molar refractivity (Wildman–Crippen MR) is 79.5 cm³/mol. The summed E-state index contributed by atoms with van der Waals surface area (Å²) in [6.07, 6.45) is 3.13. The van der Waals surface area contributed by atoms with Crippen molar-refractivity contribution in [3.63, 3.8) is 0 Å². The van der Waals surface area contributed by atoms with Crippen LogP contribution >= 0.6 is 0 Å². The minimum atomic E-state index is -0.507. The Labute approximate surface area is 126 Å². The average Bonchev–Trinajstić information content (AvgIpc) is 2.96. The van der Waals surface area contributed by atoms with E-state index in [1.807, 2.05) is 30.3 Å². The second kappa shape index (κ2) is 7.58. The summed E-state index contributed by atoms with van der Waals surface area (Å²) in [5.74, 6) is -0.833. The quantitative estimate of drug-likeness (QED) is 0.518. The number of rotatable bonds is 6. The maximum atomic E-state index is 11.6. The van der Waals surface area contributed by atoms with Crippen molar-refractivity contribution in [3.8, 4) is 0 Å². The van der Waals surface area contributed by atoms with Crippen LogP contribution in [0.25, 0.3) is 6.08 Å². The molecule has 0 atom stereocenters. The van der Waals surface area contributed by atoms with Crippen LogP contribution in [0, 0.1) is 0 Å². The highest BCUT2D eigenvalue weighted by molar-refractivity contribution is 5.96. The zero-order chi connectivity index (χ0) is 15.8. The Balaban J connectivity index is 1.68. The Morgan fingerprint density at radius 2 is 1.86 bits per heavy atom. The van der Waals surface area contributed by atoms with E-state index in [9.17, 15) is 9.59 Å². The summed E-state index contributed by atoms with van der Waals surface area (Å²) in [6, 6.07) is 9.45. The van der Waals surface area contributed by atoms with Crippen LogP contribution in [0.2, 0.25) is 0 Å². The van der Waals surface area contributed by atoms with Gasteiger partial charge in [-0.2, -0.15) is 0 Å². The number of aromatic nitrogens is 2. The summed E-state index contributed by atoms with van der Waals surface area (Å²) in [5.41, 5.74) is 6.24. The lowest BCUT2D eigenvalue weighted by atomic mass is 10.2. The molecule has 2 aromatic rings. The van der Waals surface area contributed by atoms with E-state index >= 15 is 0 Å². The molecule has 0 radical (unpaired) electrons. The van der Waals surface area contributed by atoms with E-state index in [2.05, 4.69) is 25.6 Å². The number of anilines is 1. The average molecular weight is 301 g/mol. The summed E-state index contributed by atoms with van der Waals surface area (Å²) in [7, 11) is 0. The maximum Gasteiger partial charge on any atom is 0.277 e. The molecule has 1 aromatic carbocycles. The monoisotopic (exact) mass is 301 g/mol. The van der Waals surface area contributed by atoms with Gasteiger partial charge in [-0.1, -0.05) is 30.3 Å². The molecule has 0 spiro atoms. The van der Waals surface area contributed by atoms with Crippen molar-refractivity contribution in [1.29, 1.82) is 0 Å². The number of nitrogens with one attached hydrogen (secondary N) is 2. The zero-order valence-electron chi connectivity index (χ0n) is 11.7. The Morgan fingerprint density at radius 1 is 1.14 bits per heavy atom. The molecule has 4 N–H and O–H groups in total.